The Kier molecular flexibility index (Phi) is 7.58. The third kappa shape index (κ3) is 5.42. The number of likely N-dealkylation sites (tertiary alicyclic amines) is 1. The lowest BCUT2D eigenvalue weighted by Crippen LogP contribution is -2.40. The van der Waals surface area contributed by atoms with Crippen LogP contribution >= 0.6 is 0 Å². The maximum Gasteiger partial charge on any atom is 0.223 e. The molecular weight excluding hydrogens is 440 g/mol. The highest BCUT2D eigenvalue weighted by Gasteiger charge is 2.34. The molecule has 0 aromatic heterocycles. The van der Waals surface area contributed by atoms with Crippen molar-refractivity contribution in [3.05, 3.63) is 144 Å². The minimum absolute atomic E-state index is 0.0567. The highest BCUT2D eigenvalue weighted by molar-refractivity contribution is 5.78. The Bertz CT molecular complexity index is 1150. The second-order valence-electron chi connectivity index (χ2n) is 9.74. The van der Waals surface area contributed by atoms with Crippen molar-refractivity contribution in [2.24, 2.45) is 0 Å². The highest BCUT2D eigenvalue weighted by Crippen LogP contribution is 2.34. The van der Waals surface area contributed by atoms with Gasteiger partial charge in [0.15, 0.2) is 0 Å². The van der Waals surface area contributed by atoms with E-state index in [-0.39, 0.29) is 23.9 Å². The van der Waals surface area contributed by atoms with Gasteiger partial charge >= 0.3 is 0 Å². The predicted molar refractivity (Wildman–Crippen MR) is 147 cm³/mol. The standard InChI is InChI=1S/C33H34N2O/c1-34(32(36)24-31(26-14-6-2-7-15-26)27-16-8-3-9-17-27)30-22-23-35(25-30)33(28-18-10-4-11-19-28)29-20-12-5-13-21-29/h2-21,30-31,33H,22-25H2,1H3/t30-/m0/s1. The van der Waals surface area contributed by atoms with Crippen LogP contribution in [0.2, 0.25) is 0 Å². The summed E-state index contributed by atoms with van der Waals surface area (Å²) in [6, 6.07) is 42.7. The summed E-state index contributed by atoms with van der Waals surface area (Å²) in [6.07, 6.45) is 1.46. The van der Waals surface area contributed by atoms with Gasteiger partial charge in [0.05, 0.1) is 6.04 Å². The molecule has 3 heteroatoms. The summed E-state index contributed by atoms with van der Waals surface area (Å²) in [5.74, 6) is 0.261. The topological polar surface area (TPSA) is 23.6 Å². The molecule has 3 nitrogen and oxygen atoms in total. The van der Waals surface area contributed by atoms with Crippen LogP contribution < -0.4 is 0 Å². The average Bonchev–Trinajstić information content (AvgIpc) is 3.43. The molecule has 1 amide bonds. The van der Waals surface area contributed by atoms with Gasteiger partial charge in [-0.15, -0.1) is 0 Å². The van der Waals surface area contributed by atoms with Crippen LogP contribution in [0.15, 0.2) is 121 Å². The van der Waals surface area contributed by atoms with E-state index in [2.05, 4.69) is 114 Å². The van der Waals surface area contributed by atoms with E-state index in [0.717, 1.165) is 19.5 Å². The van der Waals surface area contributed by atoms with Crippen LogP contribution in [0.3, 0.4) is 0 Å². The van der Waals surface area contributed by atoms with Crippen molar-refractivity contribution in [3.8, 4) is 0 Å². The molecule has 4 aromatic rings. The van der Waals surface area contributed by atoms with Crippen LogP contribution in [0.1, 0.15) is 47.1 Å². The molecule has 0 unspecified atom stereocenters. The van der Waals surface area contributed by atoms with Gasteiger partial charge in [-0.25, -0.2) is 0 Å². The Hall–Kier alpha value is -3.69. The van der Waals surface area contributed by atoms with Crippen LogP contribution in [-0.2, 0) is 4.79 Å². The van der Waals surface area contributed by atoms with Crippen LogP contribution in [0.4, 0.5) is 0 Å². The third-order valence-electron chi connectivity index (χ3n) is 7.51. The van der Waals surface area contributed by atoms with Crippen molar-refractivity contribution in [1.82, 2.24) is 9.80 Å². The van der Waals surface area contributed by atoms with E-state index in [1.54, 1.807) is 0 Å². The van der Waals surface area contributed by atoms with Gasteiger partial charge < -0.3 is 4.90 Å². The van der Waals surface area contributed by atoms with E-state index >= 15 is 0 Å². The number of carbonyl (C=O) groups excluding carboxylic acids is 1. The van der Waals surface area contributed by atoms with Gasteiger partial charge in [0.2, 0.25) is 5.91 Å². The summed E-state index contributed by atoms with van der Waals surface area (Å²) in [5.41, 5.74) is 4.97. The summed E-state index contributed by atoms with van der Waals surface area (Å²) >= 11 is 0. The maximum absolute atomic E-state index is 13.6. The lowest BCUT2D eigenvalue weighted by atomic mass is 9.88. The number of carbonyl (C=O) groups is 1. The normalized spacial score (nSPS) is 15.9. The smallest absolute Gasteiger partial charge is 0.223 e. The molecule has 5 rings (SSSR count). The van der Waals surface area contributed by atoms with E-state index in [1.807, 2.05) is 24.1 Å². The Morgan fingerprint density at radius 2 is 1.14 bits per heavy atom. The fraction of sp³-hybridized carbons (Fsp3) is 0.242. The van der Waals surface area contributed by atoms with Crippen LogP contribution in [0, 0.1) is 0 Å². The van der Waals surface area contributed by atoms with Crippen molar-refractivity contribution in [2.75, 3.05) is 20.1 Å². The molecule has 0 aliphatic carbocycles. The fourth-order valence-corrected chi connectivity index (χ4v) is 5.52. The van der Waals surface area contributed by atoms with Gasteiger partial charge in [-0.05, 0) is 28.7 Å². The first-order chi connectivity index (χ1) is 17.7. The lowest BCUT2D eigenvalue weighted by molar-refractivity contribution is -0.132. The molecule has 1 heterocycles. The van der Waals surface area contributed by atoms with Crippen molar-refractivity contribution < 1.29 is 4.79 Å². The number of benzene rings is 4. The number of amides is 1. The van der Waals surface area contributed by atoms with Gasteiger partial charge in [0.1, 0.15) is 0 Å². The van der Waals surface area contributed by atoms with E-state index in [0.29, 0.717) is 6.42 Å². The first-order valence-electron chi connectivity index (χ1n) is 12.9. The Labute approximate surface area is 215 Å². The first kappa shape index (κ1) is 24.0. The van der Waals surface area contributed by atoms with Crippen molar-refractivity contribution in [3.63, 3.8) is 0 Å². The van der Waals surface area contributed by atoms with E-state index in [9.17, 15) is 4.79 Å². The molecule has 0 bridgehead atoms. The maximum atomic E-state index is 13.6. The number of likely N-dealkylation sites (N-methyl/N-ethyl adjacent to an activating group) is 1. The summed E-state index contributed by atoms with van der Waals surface area (Å²) < 4.78 is 0. The molecule has 182 valence electrons. The van der Waals surface area contributed by atoms with Gasteiger partial charge in [0, 0.05) is 38.5 Å². The van der Waals surface area contributed by atoms with Crippen LogP contribution in [-0.4, -0.2) is 41.9 Å². The van der Waals surface area contributed by atoms with E-state index in [1.165, 1.54) is 22.3 Å². The number of nitrogens with zero attached hydrogens (tertiary/aromatic N) is 2. The second-order valence-corrected chi connectivity index (χ2v) is 9.74. The van der Waals surface area contributed by atoms with Crippen LogP contribution in [0.5, 0.6) is 0 Å². The summed E-state index contributed by atoms with van der Waals surface area (Å²) in [4.78, 5) is 18.1. The van der Waals surface area contributed by atoms with Gasteiger partial charge in [-0.2, -0.15) is 0 Å². The van der Waals surface area contributed by atoms with Crippen molar-refractivity contribution in [2.45, 2.75) is 30.8 Å². The molecule has 1 aliphatic rings. The van der Waals surface area contributed by atoms with E-state index < -0.39 is 0 Å². The van der Waals surface area contributed by atoms with Crippen molar-refractivity contribution in [1.29, 1.82) is 0 Å². The molecule has 1 aliphatic heterocycles. The zero-order valence-corrected chi connectivity index (χ0v) is 20.9. The molecule has 4 aromatic carbocycles. The summed E-state index contributed by atoms with van der Waals surface area (Å²) in [6.45, 7) is 1.84. The molecule has 1 saturated heterocycles. The Balaban J connectivity index is 1.32. The molecular formula is C33H34N2O. The summed E-state index contributed by atoms with van der Waals surface area (Å²) in [7, 11) is 1.99. The monoisotopic (exact) mass is 474 g/mol. The molecule has 1 atom stereocenters. The number of hydrogen-bond acceptors (Lipinski definition) is 2. The fourth-order valence-electron chi connectivity index (χ4n) is 5.52. The van der Waals surface area contributed by atoms with E-state index in [4.69, 9.17) is 0 Å². The Morgan fingerprint density at radius 3 is 1.58 bits per heavy atom. The molecule has 36 heavy (non-hydrogen) atoms. The first-order valence-corrected chi connectivity index (χ1v) is 12.9. The molecule has 0 N–H and O–H groups in total. The quantitative estimate of drug-likeness (QED) is 0.290. The van der Waals surface area contributed by atoms with Crippen LogP contribution in [0.25, 0.3) is 0 Å². The van der Waals surface area contributed by atoms with Gasteiger partial charge in [-0.1, -0.05) is 121 Å². The lowest BCUT2D eigenvalue weighted by Gasteiger charge is -2.31. The average molecular weight is 475 g/mol. The predicted octanol–water partition coefficient (Wildman–Crippen LogP) is 6.53. The van der Waals surface area contributed by atoms with Gasteiger partial charge in [-0.3, -0.25) is 9.69 Å². The number of rotatable bonds is 8. The largest absolute Gasteiger partial charge is 0.341 e. The SMILES string of the molecule is CN(C(=O)CC(c1ccccc1)c1ccccc1)[C@H]1CCN(C(c2ccccc2)c2ccccc2)C1. The molecule has 1 fully saturated rings. The third-order valence-corrected chi connectivity index (χ3v) is 7.51. The Morgan fingerprint density at radius 1 is 0.722 bits per heavy atom. The van der Waals surface area contributed by atoms with Gasteiger partial charge in [0.25, 0.3) is 0 Å². The minimum Gasteiger partial charge on any atom is -0.341 e. The molecule has 0 spiro atoms. The second kappa shape index (κ2) is 11.4. The zero-order valence-electron chi connectivity index (χ0n) is 20.9. The molecule has 0 saturated carbocycles. The highest BCUT2D eigenvalue weighted by atomic mass is 16.2. The minimum atomic E-state index is 0.0567. The number of hydrogen-bond donors (Lipinski definition) is 0. The van der Waals surface area contributed by atoms with Crippen molar-refractivity contribution >= 4 is 5.91 Å². The zero-order chi connectivity index (χ0) is 24.7. The molecule has 0 radical (unpaired) electrons. The summed E-state index contributed by atoms with van der Waals surface area (Å²) in [5, 5.41) is 0.